The van der Waals surface area contributed by atoms with E-state index in [9.17, 15) is 18.0 Å². The first kappa shape index (κ1) is 26.2. The molecule has 0 radical (unpaired) electrons. The maximum atomic E-state index is 13.3. The Morgan fingerprint density at radius 1 is 1.11 bits per heavy atom. The van der Waals surface area contributed by atoms with E-state index in [0.717, 1.165) is 0 Å². The normalized spacial score (nSPS) is 13.7. The lowest BCUT2D eigenvalue weighted by molar-refractivity contribution is -0.122. The van der Waals surface area contributed by atoms with E-state index in [1.54, 1.807) is 61.0 Å². The predicted molar refractivity (Wildman–Crippen MR) is 140 cm³/mol. The maximum absolute atomic E-state index is 13.3. The van der Waals surface area contributed by atoms with Crippen molar-refractivity contribution in [3.63, 3.8) is 0 Å². The monoisotopic (exact) mass is 539 g/mol. The van der Waals surface area contributed by atoms with Crippen molar-refractivity contribution in [3.05, 3.63) is 77.1 Å². The number of carbonyl (C=O) groups excluding carboxylic acids is 2. The number of hydrogen-bond acceptors (Lipinski definition) is 9. The second kappa shape index (κ2) is 11.4. The summed E-state index contributed by atoms with van der Waals surface area (Å²) in [6, 6.07) is 12.9. The smallest absolute Gasteiger partial charge is 0.266 e. The highest BCUT2D eigenvalue weighted by molar-refractivity contribution is 7.90. The average Bonchev–Trinajstić information content (AvgIpc) is 3.56. The minimum Gasteiger partial charge on any atom is -0.434 e. The van der Waals surface area contributed by atoms with Crippen LogP contribution < -0.4 is 10.0 Å². The summed E-state index contributed by atoms with van der Waals surface area (Å²) in [6.45, 7) is 3.22. The SMILES string of the molecule is CC[C@H](NC(=O)[C@H](Cc1nccs1)N=C(C)NS(=O)(=O)c1ccccc1)C(=O)c1nc2ccccc2o1. The molecule has 0 aliphatic heterocycles. The summed E-state index contributed by atoms with van der Waals surface area (Å²) < 4.78 is 33.4. The molecule has 2 aromatic heterocycles. The number of benzene rings is 2. The van der Waals surface area contributed by atoms with E-state index in [2.05, 4.69) is 25.0 Å². The van der Waals surface area contributed by atoms with Crippen LogP contribution >= 0.6 is 11.3 Å². The lowest BCUT2D eigenvalue weighted by Crippen LogP contribution is -2.46. The van der Waals surface area contributed by atoms with Crippen molar-refractivity contribution in [3.8, 4) is 0 Å². The number of fused-ring (bicyclic) bond motifs is 1. The van der Waals surface area contributed by atoms with Gasteiger partial charge in [0.2, 0.25) is 11.7 Å². The molecule has 2 atom stereocenters. The Hall–Kier alpha value is -3.90. The van der Waals surface area contributed by atoms with Crippen LogP contribution in [0.4, 0.5) is 0 Å². The molecule has 2 heterocycles. The second-order valence-electron chi connectivity index (χ2n) is 8.10. The van der Waals surface area contributed by atoms with Gasteiger partial charge in [-0.3, -0.25) is 19.3 Å². The fourth-order valence-corrected chi connectivity index (χ4v) is 5.31. The Balaban J connectivity index is 1.54. The third-order valence-corrected chi connectivity index (χ3v) is 7.64. The van der Waals surface area contributed by atoms with Gasteiger partial charge in [-0.1, -0.05) is 37.3 Å². The predicted octanol–water partition coefficient (Wildman–Crippen LogP) is 3.37. The number of nitrogens with zero attached hydrogens (tertiary/aromatic N) is 3. The van der Waals surface area contributed by atoms with Gasteiger partial charge >= 0.3 is 0 Å². The molecule has 12 heteroatoms. The zero-order chi connectivity index (χ0) is 26.4. The molecule has 4 rings (SSSR count). The van der Waals surface area contributed by atoms with Crippen molar-refractivity contribution in [2.45, 2.75) is 43.7 Å². The number of aromatic nitrogens is 2. The quantitative estimate of drug-likeness (QED) is 0.179. The fourth-order valence-electron chi connectivity index (χ4n) is 3.58. The van der Waals surface area contributed by atoms with Crippen LogP contribution in [0, 0.1) is 0 Å². The number of aliphatic imine (C=N–C) groups is 1. The van der Waals surface area contributed by atoms with Crippen LogP contribution in [0.25, 0.3) is 11.1 Å². The first-order chi connectivity index (χ1) is 17.8. The van der Waals surface area contributed by atoms with Crippen LogP contribution in [-0.4, -0.2) is 48.0 Å². The number of thiazole rings is 1. The summed E-state index contributed by atoms with van der Waals surface area (Å²) in [7, 11) is -3.88. The van der Waals surface area contributed by atoms with E-state index in [1.807, 2.05) is 0 Å². The van der Waals surface area contributed by atoms with Crippen molar-refractivity contribution >= 4 is 50.0 Å². The van der Waals surface area contributed by atoms with Gasteiger partial charge in [0, 0.05) is 18.0 Å². The van der Waals surface area contributed by atoms with Crippen molar-refractivity contribution in [1.29, 1.82) is 0 Å². The molecule has 1 amide bonds. The first-order valence-corrected chi connectivity index (χ1v) is 13.8. The zero-order valence-corrected chi connectivity index (χ0v) is 21.8. The van der Waals surface area contributed by atoms with Crippen LogP contribution in [0.2, 0.25) is 0 Å². The summed E-state index contributed by atoms with van der Waals surface area (Å²) >= 11 is 1.34. The summed E-state index contributed by atoms with van der Waals surface area (Å²) in [4.78, 5) is 39.2. The van der Waals surface area contributed by atoms with Gasteiger partial charge in [-0.25, -0.2) is 18.4 Å². The Kier molecular flexibility index (Phi) is 8.09. The molecule has 10 nitrogen and oxygen atoms in total. The van der Waals surface area contributed by atoms with Crippen LogP contribution in [0.15, 0.2) is 80.5 Å². The zero-order valence-electron chi connectivity index (χ0n) is 20.1. The number of amidine groups is 1. The third-order valence-electron chi connectivity index (χ3n) is 5.39. The second-order valence-corrected chi connectivity index (χ2v) is 10.8. The molecule has 0 bridgehead atoms. The molecular formula is C25H25N5O5S2. The number of nitrogens with one attached hydrogen (secondary N) is 2. The number of oxazole rings is 1. The molecule has 0 fully saturated rings. The molecule has 37 heavy (non-hydrogen) atoms. The lowest BCUT2D eigenvalue weighted by atomic mass is 10.1. The van der Waals surface area contributed by atoms with E-state index >= 15 is 0 Å². The number of carbonyl (C=O) groups is 2. The number of Topliss-reactive ketones (excluding diaryl/α,β-unsaturated/α-hetero) is 1. The van der Waals surface area contributed by atoms with Gasteiger partial charge in [0.15, 0.2) is 5.58 Å². The fraction of sp³-hybridized carbons (Fsp3) is 0.240. The molecule has 0 unspecified atom stereocenters. The maximum Gasteiger partial charge on any atom is 0.266 e. The molecule has 2 aromatic carbocycles. The van der Waals surface area contributed by atoms with Crippen LogP contribution in [0.1, 0.15) is 36.0 Å². The van der Waals surface area contributed by atoms with Crippen molar-refractivity contribution < 1.29 is 22.4 Å². The number of hydrogen-bond donors (Lipinski definition) is 2. The molecule has 0 saturated heterocycles. The van der Waals surface area contributed by atoms with Crippen LogP contribution in [0.3, 0.4) is 0 Å². The van der Waals surface area contributed by atoms with E-state index in [1.165, 1.54) is 30.4 Å². The topological polar surface area (TPSA) is 144 Å². The Bertz CT molecular complexity index is 1480. The minimum absolute atomic E-state index is 0.0267. The Labute approximate surface area is 217 Å². The van der Waals surface area contributed by atoms with Crippen LogP contribution in [0.5, 0.6) is 0 Å². The molecule has 4 aromatic rings. The number of ketones is 1. The van der Waals surface area contributed by atoms with Gasteiger partial charge in [-0.2, -0.15) is 0 Å². The first-order valence-electron chi connectivity index (χ1n) is 11.5. The third kappa shape index (κ3) is 6.46. The largest absolute Gasteiger partial charge is 0.434 e. The summed E-state index contributed by atoms with van der Waals surface area (Å²) in [5, 5.41) is 5.13. The molecule has 0 aliphatic rings. The van der Waals surface area contributed by atoms with Crippen molar-refractivity contribution in [1.82, 2.24) is 20.0 Å². The number of amides is 1. The van der Waals surface area contributed by atoms with E-state index in [-0.39, 0.29) is 29.5 Å². The average molecular weight is 540 g/mol. The summed E-state index contributed by atoms with van der Waals surface area (Å²) in [5.74, 6) is -1.09. The highest BCUT2D eigenvalue weighted by Gasteiger charge is 2.29. The number of rotatable bonds is 10. The van der Waals surface area contributed by atoms with E-state index in [0.29, 0.717) is 16.1 Å². The number of sulfonamides is 1. The van der Waals surface area contributed by atoms with Gasteiger partial charge in [-0.15, -0.1) is 11.3 Å². The lowest BCUT2D eigenvalue weighted by Gasteiger charge is -2.18. The van der Waals surface area contributed by atoms with Crippen LogP contribution in [-0.2, 0) is 21.2 Å². The Morgan fingerprint density at radius 3 is 2.51 bits per heavy atom. The molecule has 0 saturated carbocycles. The standard InChI is InChI=1S/C25H25N5O5S2/c1-3-18(23(31)25-29-19-11-7-8-12-21(19)35-25)28-24(32)20(15-22-26-13-14-36-22)27-16(2)30-37(33,34)17-9-5-4-6-10-17/h4-14,18,20H,3,15H2,1-2H3,(H,27,30)(H,28,32)/t18-,20-/m0/s1. The molecule has 0 spiro atoms. The van der Waals surface area contributed by atoms with E-state index in [4.69, 9.17) is 4.42 Å². The Morgan fingerprint density at radius 2 is 1.84 bits per heavy atom. The van der Waals surface area contributed by atoms with Crippen molar-refractivity contribution in [2.75, 3.05) is 0 Å². The van der Waals surface area contributed by atoms with Crippen molar-refractivity contribution in [2.24, 2.45) is 4.99 Å². The molecule has 2 N–H and O–H groups in total. The minimum atomic E-state index is -3.88. The molecule has 0 aliphatic carbocycles. The van der Waals surface area contributed by atoms with Gasteiger partial charge in [0.05, 0.1) is 15.9 Å². The molecular weight excluding hydrogens is 514 g/mol. The summed E-state index contributed by atoms with van der Waals surface area (Å²) in [6.07, 6.45) is 2.02. The van der Waals surface area contributed by atoms with Gasteiger partial charge in [0.1, 0.15) is 17.4 Å². The van der Waals surface area contributed by atoms with Gasteiger partial charge in [0.25, 0.3) is 15.9 Å². The van der Waals surface area contributed by atoms with Gasteiger partial charge < -0.3 is 9.73 Å². The summed E-state index contributed by atoms with van der Waals surface area (Å²) in [5.41, 5.74) is 1.01. The number of para-hydroxylation sites is 2. The molecule has 192 valence electrons. The van der Waals surface area contributed by atoms with Gasteiger partial charge in [-0.05, 0) is 37.6 Å². The highest BCUT2D eigenvalue weighted by atomic mass is 32.2. The highest BCUT2D eigenvalue weighted by Crippen LogP contribution is 2.17. The van der Waals surface area contributed by atoms with E-state index < -0.39 is 33.8 Å².